The molecule has 16 atom stereocenters. The molecule has 16 unspecified atom stereocenters. The summed E-state index contributed by atoms with van der Waals surface area (Å²) in [5, 5.41) is 2.29. The van der Waals surface area contributed by atoms with E-state index < -0.39 is 0 Å². The van der Waals surface area contributed by atoms with Gasteiger partial charge in [0.15, 0.2) is 12.6 Å². The van der Waals surface area contributed by atoms with Crippen molar-refractivity contribution >= 4 is 31.9 Å². The van der Waals surface area contributed by atoms with Crippen LogP contribution in [-0.4, -0.2) is 36.5 Å². The van der Waals surface area contributed by atoms with Crippen molar-refractivity contribution in [2.24, 2.45) is 82.9 Å². The molecule has 0 aromatic rings. The smallest absolute Gasteiger partial charge is 0.160 e. The maximum atomic E-state index is 6.92. The van der Waals surface area contributed by atoms with Gasteiger partial charge in [-0.2, -0.15) is 0 Å². The highest BCUT2D eigenvalue weighted by Crippen LogP contribution is 2.33. The van der Waals surface area contributed by atoms with Gasteiger partial charge >= 0.3 is 0 Å². The Morgan fingerprint density at radius 2 is 0.466 bits per heavy atom. The third-order valence-electron chi connectivity index (χ3n) is 17.0. The van der Waals surface area contributed by atoms with Crippen LogP contribution in [0.25, 0.3) is 0 Å². The second kappa shape index (κ2) is 48.7. The average molecular weight is 1160 g/mol. The van der Waals surface area contributed by atoms with Crippen molar-refractivity contribution in [1.82, 2.24) is 0 Å². The number of ether oxygens (including phenoxy) is 3. The van der Waals surface area contributed by atoms with Crippen LogP contribution in [-0.2, 0) is 14.2 Å². The van der Waals surface area contributed by atoms with Gasteiger partial charge in [-0.1, -0.05) is 207 Å². The average Bonchev–Trinajstić information content (AvgIpc) is 3.28. The normalized spacial score (nSPS) is 19.0. The lowest BCUT2D eigenvalue weighted by Gasteiger charge is -2.27. The Bertz CT molecular complexity index is 1070. The lowest BCUT2D eigenvalue weighted by molar-refractivity contribution is -0.250. The van der Waals surface area contributed by atoms with Crippen molar-refractivity contribution in [2.45, 2.75) is 329 Å². The molecule has 0 aliphatic heterocycles. The van der Waals surface area contributed by atoms with Gasteiger partial charge in [-0.05, 0) is 224 Å². The monoisotopic (exact) mass is 1160 g/mol. The molecule has 0 N–H and O–H groups in total. The largest absolute Gasteiger partial charge is 0.353 e. The Morgan fingerprint density at radius 1 is 0.247 bits per heavy atom. The summed E-state index contributed by atoms with van der Waals surface area (Å²) in [5.74, 6) is 11.3. The minimum atomic E-state index is -0.166. The van der Waals surface area contributed by atoms with Crippen molar-refractivity contribution < 1.29 is 14.2 Å². The quantitative estimate of drug-likeness (QED) is 0.0345. The third-order valence-corrected chi connectivity index (χ3v) is 18.1. The van der Waals surface area contributed by atoms with Crippen LogP contribution in [0.4, 0.5) is 0 Å². The van der Waals surface area contributed by atoms with Gasteiger partial charge in [0.2, 0.25) is 0 Å². The molecule has 0 rings (SSSR count). The van der Waals surface area contributed by atoms with Crippen LogP contribution >= 0.6 is 31.9 Å². The molecule has 0 aliphatic carbocycles. The first-order valence-electron chi connectivity index (χ1n) is 32.8. The van der Waals surface area contributed by atoms with E-state index in [4.69, 9.17) is 14.2 Å². The zero-order chi connectivity index (χ0) is 54.8. The lowest BCUT2D eigenvalue weighted by atomic mass is 9.80. The molecule has 0 aromatic carbocycles. The van der Waals surface area contributed by atoms with Gasteiger partial charge in [0, 0.05) is 23.9 Å². The van der Waals surface area contributed by atoms with Crippen LogP contribution < -0.4 is 0 Å². The van der Waals surface area contributed by atoms with E-state index in [0.29, 0.717) is 0 Å². The van der Waals surface area contributed by atoms with Crippen LogP contribution in [0.1, 0.15) is 316 Å². The Hall–Kier alpha value is 0.840. The summed E-state index contributed by atoms with van der Waals surface area (Å²) >= 11 is 7.24. The van der Waals surface area contributed by atoms with Gasteiger partial charge in [-0.15, -0.1) is 0 Å². The van der Waals surface area contributed by atoms with Crippen molar-refractivity contribution in [1.29, 1.82) is 0 Å². The fourth-order valence-corrected chi connectivity index (χ4v) is 14.8. The second-order valence-corrected chi connectivity index (χ2v) is 29.0. The molecule has 0 bridgehead atoms. The topological polar surface area (TPSA) is 27.7 Å². The van der Waals surface area contributed by atoms with E-state index in [1.165, 1.54) is 167 Å². The van der Waals surface area contributed by atoms with Gasteiger partial charge < -0.3 is 14.2 Å². The van der Waals surface area contributed by atoms with E-state index in [1.54, 1.807) is 0 Å². The SMILES string of the molecule is CCCCCCCOC(CCCC(C)CC(C)CC(C)CC(C)CC(C)CC(C)CC(C)CCCBr)OC(CCCC(C)CC(C)CC(C)CC(C)CC(C)CC(C)CC(C)CCCBr)OCCCCCCC. The van der Waals surface area contributed by atoms with Crippen LogP contribution in [0.15, 0.2) is 0 Å². The molecule has 0 amide bonds. The zero-order valence-electron chi connectivity index (χ0n) is 52.7. The van der Waals surface area contributed by atoms with Gasteiger partial charge in [-0.25, -0.2) is 0 Å². The van der Waals surface area contributed by atoms with Crippen LogP contribution in [0.3, 0.4) is 0 Å². The summed E-state index contributed by atoms with van der Waals surface area (Å²) in [4.78, 5) is 0. The van der Waals surface area contributed by atoms with Crippen LogP contribution in [0.2, 0.25) is 0 Å². The highest BCUT2D eigenvalue weighted by atomic mass is 79.9. The molecule has 0 aliphatic rings. The molecule has 0 radical (unpaired) electrons. The summed E-state index contributed by atoms with van der Waals surface area (Å²) in [5.41, 5.74) is 0. The van der Waals surface area contributed by atoms with Gasteiger partial charge in [0.25, 0.3) is 0 Å². The number of alkyl halides is 2. The van der Waals surface area contributed by atoms with E-state index in [1.807, 2.05) is 0 Å². The Labute approximate surface area is 478 Å². The summed E-state index contributed by atoms with van der Waals surface area (Å²) in [6, 6.07) is 0. The highest BCUT2D eigenvalue weighted by molar-refractivity contribution is 9.09. The number of halogens is 2. The minimum absolute atomic E-state index is 0.166. The van der Waals surface area contributed by atoms with Gasteiger partial charge in [-0.3, -0.25) is 0 Å². The maximum Gasteiger partial charge on any atom is 0.160 e. The third kappa shape index (κ3) is 46.3. The molecular formula is C68H136Br2O3. The van der Waals surface area contributed by atoms with Crippen molar-refractivity contribution in [2.75, 3.05) is 23.9 Å². The first kappa shape index (κ1) is 73.8. The molecule has 5 heteroatoms. The molecular weight excluding hydrogens is 1020 g/mol. The summed E-state index contributed by atoms with van der Waals surface area (Å²) in [6.45, 7) is 41.4. The number of unbranched alkanes of at least 4 members (excludes halogenated alkanes) is 8. The van der Waals surface area contributed by atoms with Crippen molar-refractivity contribution in [3.63, 3.8) is 0 Å². The summed E-state index contributed by atoms with van der Waals surface area (Å²) in [7, 11) is 0. The van der Waals surface area contributed by atoms with Crippen molar-refractivity contribution in [3.8, 4) is 0 Å². The zero-order valence-corrected chi connectivity index (χ0v) is 55.8. The molecule has 3 nitrogen and oxygen atoms in total. The minimum Gasteiger partial charge on any atom is -0.353 e. The molecule has 440 valence electrons. The fraction of sp³-hybridized carbons (Fsp3) is 1.00. The van der Waals surface area contributed by atoms with E-state index in [9.17, 15) is 0 Å². The maximum absolute atomic E-state index is 6.92. The van der Waals surface area contributed by atoms with Crippen molar-refractivity contribution in [3.05, 3.63) is 0 Å². The lowest BCUT2D eigenvalue weighted by Crippen LogP contribution is -2.28. The van der Waals surface area contributed by atoms with Gasteiger partial charge in [0.1, 0.15) is 0 Å². The molecule has 0 aromatic heterocycles. The van der Waals surface area contributed by atoms with Gasteiger partial charge in [0.05, 0.1) is 0 Å². The number of rotatable bonds is 54. The first-order valence-corrected chi connectivity index (χ1v) is 35.0. The fourth-order valence-electron chi connectivity index (χ4n) is 14.2. The molecule has 0 heterocycles. The molecule has 73 heavy (non-hydrogen) atoms. The van der Waals surface area contributed by atoms with E-state index >= 15 is 0 Å². The first-order chi connectivity index (χ1) is 34.8. The summed E-state index contributed by atoms with van der Waals surface area (Å²) in [6.07, 6.45) is 40.9. The standard InChI is InChI=1S/C68H136Br2O3/c1-17-19-21-23-25-39-71-67(35-27-31-53(3)41-57(7)45-61(11)49-65(15)51-63(13)47-59(9)43-55(5)33-29-37-69)73-68(72-40-26-24-22-20-18-2)36-28-32-54(4)42-58(8)46-62(12)50-66(16)52-64(14)48-60(10)44-56(6)34-30-38-70/h53-68H,17-52H2,1-16H3. The number of hydrogen-bond donors (Lipinski definition) is 0. The Balaban J connectivity index is 5.23. The Kier molecular flexibility index (Phi) is 49.3. The van der Waals surface area contributed by atoms with E-state index in [2.05, 4.69) is 143 Å². The molecule has 0 fully saturated rings. The second-order valence-electron chi connectivity index (χ2n) is 27.4. The highest BCUT2D eigenvalue weighted by Gasteiger charge is 2.23. The van der Waals surface area contributed by atoms with Crippen LogP contribution in [0.5, 0.6) is 0 Å². The number of hydrogen-bond acceptors (Lipinski definition) is 3. The molecule has 0 spiro atoms. The summed E-state index contributed by atoms with van der Waals surface area (Å²) < 4.78 is 20.2. The molecule has 0 saturated carbocycles. The van der Waals surface area contributed by atoms with E-state index in [0.717, 1.165) is 145 Å². The predicted molar refractivity (Wildman–Crippen MR) is 336 cm³/mol. The Morgan fingerprint density at radius 3 is 0.699 bits per heavy atom. The molecule has 0 saturated heterocycles. The van der Waals surface area contributed by atoms with E-state index in [-0.39, 0.29) is 12.6 Å². The van der Waals surface area contributed by atoms with Crippen LogP contribution in [0, 0.1) is 82.9 Å². The predicted octanol–water partition coefficient (Wildman–Crippen LogP) is 23.9.